The standard InChI is InChI=1S/C24H29NO5/c1-13-3-6-17-15(11-13)5-4-14(2)19(17)22(28)20-21(27)18(12-25-23(20)29)24(30)9-7-16(26)8-10-24/h4-5,7,9,12-15,17,19,30H,3,6,8,10-11H2,1-2H3,(H2,25,27,29)/t13-,14-,15-,17-,19-,24-/m1/s1. The Balaban J connectivity index is 1.74. The number of rotatable bonds is 3. The van der Waals surface area contributed by atoms with Gasteiger partial charge in [0.1, 0.15) is 16.9 Å². The second-order valence-corrected chi connectivity index (χ2v) is 9.36. The van der Waals surface area contributed by atoms with E-state index in [9.17, 15) is 24.6 Å². The second kappa shape index (κ2) is 7.65. The molecule has 0 spiro atoms. The van der Waals surface area contributed by atoms with Crippen molar-refractivity contribution in [1.29, 1.82) is 0 Å². The highest BCUT2D eigenvalue weighted by molar-refractivity contribution is 6.01. The van der Waals surface area contributed by atoms with Gasteiger partial charge < -0.3 is 15.2 Å². The van der Waals surface area contributed by atoms with Crippen LogP contribution in [0.4, 0.5) is 0 Å². The zero-order valence-electron chi connectivity index (χ0n) is 17.4. The fraction of sp³-hybridized carbons (Fsp3) is 0.542. The van der Waals surface area contributed by atoms with Crippen molar-refractivity contribution in [3.63, 3.8) is 0 Å². The number of aromatic amines is 1. The summed E-state index contributed by atoms with van der Waals surface area (Å²) in [5.74, 6) is -0.316. The van der Waals surface area contributed by atoms with Crippen molar-refractivity contribution in [3.05, 3.63) is 52.0 Å². The number of hydrogen-bond acceptors (Lipinski definition) is 5. The molecule has 0 unspecified atom stereocenters. The van der Waals surface area contributed by atoms with Crippen molar-refractivity contribution < 1.29 is 19.8 Å². The van der Waals surface area contributed by atoms with Gasteiger partial charge in [-0.1, -0.05) is 32.4 Å². The van der Waals surface area contributed by atoms with Crippen LogP contribution in [0.25, 0.3) is 0 Å². The quantitative estimate of drug-likeness (QED) is 0.523. The summed E-state index contributed by atoms with van der Waals surface area (Å²) in [7, 11) is 0. The Kier molecular flexibility index (Phi) is 5.30. The number of carbonyl (C=O) groups excluding carboxylic acids is 2. The van der Waals surface area contributed by atoms with Gasteiger partial charge in [-0.2, -0.15) is 0 Å². The summed E-state index contributed by atoms with van der Waals surface area (Å²) in [5, 5.41) is 21.9. The lowest BCUT2D eigenvalue weighted by Gasteiger charge is -2.42. The topological polar surface area (TPSA) is 107 Å². The number of nitrogens with one attached hydrogen (secondary N) is 1. The highest BCUT2D eigenvalue weighted by Crippen LogP contribution is 2.46. The molecule has 3 aliphatic rings. The zero-order chi connectivity index (χ0) is 21.6. The zero-order valence-corrected chi connectivity index (χ0v) is 17.4. The minimum atomic E-state index is -1.60. The first-order valence-corrected chi connectivity index (χ1v) is 10.8. The van der Waals surface area contributed by atoms with Crippen LogP contribution in [0.2, 0.25) is 0 Å². The smallest absolute Gasteiger partial charge is 0.262 e. The molecule has 30 heavy (non-hydrogen) atoms. The molecule has 1 saturated carbocycles. The molecule has 6 heteroatoms. The first-order chi connectivity index (χ1) is 14.2. The van der Waals surface area contributed by atoms with Crippen LogP contribution in [0.3, 0.4) is 0 Å². The van der Waals surface area contributed by atoms with Crippen LogP contribution in [-0.4, -0.2) is 26.8 Å². The molecule has 160 valence electrons. The summed E-state index contributed by atoms with van der Waals surface area (Å²) in [4.78, 5) is 40.3. The minimum Gasteiger partial charge on any atom is -0.507 e. The highest BCUT2D eigenvalue weighted by Gasteiger charge is 2.44. The summed E-state index contributed by atoms with van der Waals surface area (Å²) in [5.41, 5.74) is -2.47. The summed E-state index contributed by atoms with van der Waals surface area (Å²) in [6, 6.07) is 0. The number of aliphatic hydroxyl groups is 1. The molecule has 6 nitrogen and oxygen atoms in total. The first-order valence-electron chi connectivity index (χ1n) is 10.8. The van der Waals surface area contributed by atoms with Gasteiger partial charge in [-0.3, -0.25) is 14.4 Å². The molecule has 0 aliphatic heterocycles. The van der Waals surface area contributed by atoms with Gasteiger partial charge in [0, 0.05) is 24.1 Å². The van der Waals surface area contributed by atoms with Gasteiger partial charge in [-0.25, -0.2) is 0 Å². The molecule has 1 fully saturated rings. The summed E-state index contributed by atoms with van der Waals surface area (Å²) >= 11 is 0. The van der Waals surface area contributed by atoms with Crippen LogP contribution in [0.1, 0.15) is 61.9 Å². The largest absolute Gasteiger partial charge is 0.507 e. The Bertz CT molecular complexity index is 990. The van der Waals surface area contributed by atoms with Crippen LogP contribution in [0.15, 0.2) is 35.3 Å². The molecule has 0 saturated heterocycles. The molecular formula is C24H29NO5. The van der Waals surface area contributed by atoms with Crippen molar-refractivity contribution in [1.82, 2.24) is 4.98 Å². The van der Waals surface area contributed by atoms with E-state index < -0.39 is 16.9 Å². The van der Waals surface area contributed by atoms with Crippen molar-refractivity contribution >= 4 is 11.6 Å². The maximum atomic E-state index is 13.6. The van der Waals surface area contributed by atoms with E-state index >= 15 is 0 Å². The molecule has 0 aromatic carbocycles. The van der Waals surface area contributed by atoms with Gasteiger partial charge in [0.15, 0.2) is 11.6 Å². The lowest BCUT2D eigenvalue weighted by molar-refractivity contribution is -0.116. The van der Waals surface area contributed by atoms with E-state index in [1.807, 2.05) is 6.92 Å². The SMILES string of the molecule is C[C@@H]1CC[C@H]2[C@H](C(=O)c3c(O)c([C@@]4(O)C=CC(=O)CC4)c[nH]c3=O)[C@H](C)C=C[C@@H]2C1. The van der Waals surface area contributed by atoms with Gasteiger partial charge in [0.25, 0.3) is 5.56 Å². The van der Waals surface area contributed by atoms with E-state index in [4.69, 9.17) is 0 Å². The van der Waals surface area contributed by atoms with Crippen LogP contribution < -0.4 is 5.56 Å². The molecule has 4 rings (SSSR count). The molecule has 0 radical (unpaired) electrons. The lowest BCUT2D eigenvalue weighted by atomic mass is 9.61. The van der Waals surface area contributed by atoms with E-state index in [0.29, 0.717) is 11.8 Å². The van der Waals surface area contributed by atoms with E-state index in [1.165, 1.54) is 18.3 Å². The normalized spacial score (nSPS) is 35.8. The average Bonchev–Trinajstić information content (AvgIpc) is 2.70. The fourth-order valence-electron chi connectivity index (χ4n) is 5.56. The monoisotopic (exact) mass is 411 g/mol. The number of carbonyl (C=O) groups is 2. The third kappa shape index (κ3) is 3.47. The summed E-state index contributed by atoms with van der Waals surface area (Å²) < 4.78 is 0. The van der Waals surface area contributed by atoms with Crippen LogP contribution in [0.5, 0.6) is 5.75 Å². The average molecular weight is 411 g/mol. The van der Waals surface area contributed by atoms with Crippen molar-refractivity contribution in [2.45, 2.75) is 51.6 Å². The Labute approximate surface area is 175 Å². The number of fused-ring (bicyclic) bond motifs is 1. The van der Waals surface area contributed by atoms with Crippen LogP contribution >= 0.6 is 0 Å². The second-order valence-electron chi connectivity index (χ2n) is 9.36. The third-order valence-electron chi connectivity index (χ3n) is 7.29. The number of pyridine rings is 1. The van der Waals surface area contributed by atoms with Gasteiger partial charge in [-0.15, -0.1) is 0 Å². The molecule has 6 atom stereocenters. The predicted molar refractivity (Wildman–Crippen MR) is 112 cm³/mol. The Morgan fingerprint density at radius 3 is 2.67 bits per heavy atom. The fourth-order valence-corrected chi connectivity index (χ4v) is 5.56. The number of allylic oxidation sites excluding steroid dienone is 3. The molecule has 3 N–H and O–H groups in total. The van der Waals surface area contributed by atoms with E-state index in [2.05, 4.69) is 24.1 Å². The summed E-state index contributed by atoms with van der Waals surface area (Å²) in [6.45, 7) is 4.20. The molecule has 1 aromatic rings. The minimum absolute atomic E-state index is 0.0371. The molecule has 1 heterocycles. The van der Waals surface area contributed by atoms with Crippen molar-refractivity contribution in [3.8, 4) is 5.75 Å². The number of aromatic hydroxyl groups is 1. The van der Waals surface area contributed by atoms with Crippen LogP contribution in [0, 0.1) is 29.6 Å². The maximum absolute atomic E-state index is 13.6. The molecule has 0 amide bonds. The molecule has 0 bridgehead atoms. The molecular weight excluding hydrogens is 382 g/mol. The number of hydrogen-bond donors (Lipinski definition) is 3. The van der Waals surface area contributed by atoms with E-state index in [1.54, 1.807) is 0 Å². The van der Waals surface area contributed by atoms with Crippen molar-refractivity contribution in [2.24, 2.45) is 29.6 Å². The van der Waals surface area contributed by atoms with Crippen LogP contribution in [-0.2, 0) is 10.4 Å². The number of H-pyrrole nitrogens is 1. The van der Waals surface area contributed by atoms with Gasteiger partial charge in [0.2, 0.25) is 0 Å². The van der Waals surface area contributed by atoms with Gasteiger partial charge >= 0.3 is 0 Å². The van der Waals surface area contributed by atoms with Crippen molar-refractivity contribution in [2.75, 3.05) is 0 Å². The van der Waals surface area contributed by atoms with Gasteiger partial charge in [0.05, 0.1) is 0 Å². The van der Waals surface area contributed by atoms with Gasteiger partial charge in [-0.05, 0) is 55.1 Å². The maximum Gasteiger partial charge on any atom is 0.262 e. The third-order valence-corrected chi connectivity index (χ3v) is 7.29. The predicted octanol–water partition coefficient (Wildman–Crippen LogP) is 3.24. The Morgan fingerprint density at radius 1 is 1.20 bits per heavy atom. The Morgan fingerprint density at radius 2 is 1.97 bits per heavy atom. The molecule has 3 aliphatic carbocycles. The molecule has 1 aromatic heterocycles. The van der Waals surface area contributed by atoms with E-state index in [0.717, 1.165) is 19.3 Å². The summed E-state index contributed by atoms with van der Waals surface area (Å²) in [6.07, 6.45) is 11.3. The lowest BCUT2D eigenvalue weighted by Crippen LogP contribution is -2.41. The highest BCUT2D eigenvalue weighted by atomic mass is 16.3. The number of ketones is 2. The number of Topliss-reactive ketones (excluding diaryl/α,β-unsaturated/α-hetero) is 1. The first kappa shape index (κ1) is 20.8. The Hall–Kier alpha value is -2.47. The van der Waals surface area contributed by atoms with E-state index in [-0.39, 0.29) is 53.3 Å². The number of aromatic nitrogens is 1.